The molecule has 2 rings (SSSR count). The van der Waals surface area contributed by atoms with E-state index in [-0.39, 0.29) is 17.9 Å². The maximum Gasteiger partial charge on any atom is 0.335 e. The minimum atomic E-state index is -1.06. The number of rotatable bonds is 5. The fourth-order valence-corrected chi connectivity index (χ4v) is 2.43. The SMILES string of the molecule is COc1ccc(C(=O)O)cc1OCc1c(Cl)ccc(Cl)c1Cl. The highest BCUT2D eigenvalue weighted by Gasteiger charge is 2.14. The zero-order valence-electron chi connectivity index (χ0n) is 11.4. The Morgan fingerprint density at radius 2 is 1.77 bits per heavy atom. The van der Waals surface area contributed by atoms with E-state index >= 15 is 0 Å². The van der Waals surface area contributed by atoms with Crippen LogP contribution in [0.2, 0.25) is 15.1 Å². The summed E-state index contributed by atoms with van der Waals surface area (Å²) in [5, 5.41) is 10.1. The third kappa shape index (κ3) is 3.58. The van der Waals surface area contributed by atoms with Gasteiger partial charge in [0.15, 0.2) is 11.5 Å². The van der Waals surface area contributed by atoms with Gasteiger partial charge in [0.1, 0.15) is 6.61 Å². The molecule has 0 aliphatic rings. The van der Waals surface area contributed by atoms with Crippen LogP contribution in [0, 0.1) is 0 Å². The van der Waals surface area contributed by atoms with Gasteiger partial charge >= 0.3 is 5.97 Å². The standard InChI is InChI=1S/C15H11Cl3O4/c1-21-12-5-2-8(15(19)20)6-13(12)22-7-9-10(16)3-4-11(17)14(9)18/h2-6H,7H2,1H3,(H,19,20). The van der Waals surface area contributed by atoms with Crippen molar-refractivity contribution in [3.8, 4) is 11.5 Å². The molecule has 1 N–H and O–H groups in total. The summed E-state index contributed by atoms with van der Waals surface area (Å²) in [5.74, 6) is -0.389. The number of benzene rings is 2. The molecule has 116 valence electrons. The molecule has 0 aliphatic heterocycles. The number of carboxylic acids is 1. The van der Waals surface area contributed by atoms with E-state index in [1.807, 2.05) is 0 Å². The predicted octanol–water partition coefficient (Wildman–Crippen LogP) is 4.93. The van der Waals surface area contributed by atoms with Crippen molar-refractivity contribution in [2.45, 2.75) is 6.61 Å². The molecular weight excluding hydrogens is 351 g/mol. The first-order chi connectivity index (χ1) is 10.4. The van der Waals surface area contributed by atoms with E-state index in [0.29, 0.717) is 26.4 Å². The second-order valence-electron chi connectivity index (χ2n) is 4.28. The Hall–Kier alpha value is -1.62. The minimum Gasteiger partial charge on any atom is -0.493 e. The molecule has 0 atom stereocenters. The van der Waals surface area contributed by atoms with E-state index in [4.69, 9.17) is 49.4 Å². The van der Waals surface area contributed by atoms with Crippen LogP contribution in [0.3, 0.4) is 0 Å². The molecule has 0 spiro atoms. The molecule has 2 aromatic carbocycles. The number of ether oxygens (including phenoxy) is 2. The summed E-state index contributed by atoms with van der Waals surface area (Å²) in [4.78, 5) is 11.0. The lowest BCUT2D eigenvalue weighted by atomic mass is 10.2. The van der Waals surface area contributed by atoms with Crippen molar-refractivity contribution in [1.82, 2.24) is 0 Å². The van der Waals surface area contributed by atoms with E-state index in [2.05, 4.69) is 0 Å². The smallest absolute Gasteiger partial charge is 0.335 e. The highest BCUT2D eigenvalue weighted by Crippen LogP contribution is 2.34. The summed E-state index contributed by atoms with van der Waals surface area (Å²) in [6, 6.07) is 7.50. The lowest BCUT2D eigenvalue weighted by Crippen LogP contribution is -2.02. The van der Waals surface area contributed by atoms with Crippen LogP contribution in [0.25, 0.3) is 0 Å². The Morgan fingerprint density at radius 3 is 2.41 bits per heavy atom. The first-order valence-corrected chi connectivity index (χ1v) is 7.24. The summed E-state index contributed by atoms with van der Waals surface area (Å²) in [5.41, 5.74) is 0.595. The van der Waals surface area contributed by atoms with Gasteiger partial charge in [0.25, 0.3) is 0 Å². The molecule has 0 radical (unpaired) electrons. The fraction of sp³-hybridized carbons (Fsp3) is 0.133. The summed E-state index contributed by atoms with van der Waals surface area (Å²) in [6.07, 6.45) is 0. The lowest BCUT2D eigenvalue weighted by molar-refractivity contribution is 0.0696. The van der Waals surface area contributed by atoms with Gasteiger partial charge < -0.3 is 14.6 Å². The van der Waals surface area contributed by atoms with Crippen molar-refractivity contribution >= 4 is 40.8 Å². The van der Waals surface area contributed by atoms with Crippen molar-refractivity contribution in [2.75, 3.05) is 7.11 Å². The number of carboxylic acid groups (broad SMARTS) is 1. The van der Waals surface area contributed by atoms with Crippen LogP contribution in [0.4, 0.5) is 0 Å². The topological polar surface area (TPSA) is 55.8 Å². The van der Waals surface area contributed by atoms with E-state index in [1.165, 1.54) is 25.3 Å². The van der Waals surface area contributed by atoms with Crippen molar-refractivity contribution in [2.24, 2.45) is 0 Å². The molecule has 0 saturated heterocycles. The molecule has 0 fully saturated rings. The monoisotopic (exact) mass is 360 g/mol. The largest absolute Gasteiger partial charge is 0.493 e. The van der Waals surface area contributed by atoms with Crippen LogP contribution in [0.1, 0.15) is 15.9 Å². The number of halogens is 3. The first kappa shape index (κ1) is 16.7. The van der Waals surface area contributed by atoms with Crippen molar-refractivity contribution in [1.29, 1.82) is 0 Å². The molecule has 0 unspecified atom stereocenters. The van der Waals surface area contributed by atoms with Gasteiger partial charge in [0.2, 0.25) is 0 Å². The Kier molecular flexibility index (Phi) is 5.40. The quantitative estimate of drug-likeness (QED) is 0.767. The molecule has 2 aromatic rings. The first-order valence-electron chi connectivity index (χ1n) is 6.10. The Bertz CT molecular complexity index is 716. The fourth-order valence-electron chi connectivity index (χ4n) is 1.77. The third-order valence-corrected chi connectivity index (χ3v) is 4.12. The molecule has 0 aliphatic carbocycles. The average molecular weight is 362 g/mol. The van der Waals surface area contributed by atoms with E-state index in [9.17, 15) is 4.79 Å². The van der Waals surface area contributed by atoms with Gasteiger partial charge in [-0.2, -0.15) is 0 Å². The van der Waals surface area contributed by atoms with Gasteiger partial charge in [-0.1, -0.05) is 34.8 Å². The lowest BCUT2D eigenvalue weighted by Gasteiger charge is -2.13. The van der Waals surface area contributed by atoms with E-state index in [1.54, 1.807) is 12.1 Å². The molecule has 0 saturated carbocycles. The van der Waals surface area contributed by atoms with E-state index in [0.717, 1.165) is 0 Å². The summed E-state index contributed by atoms with van der Waals surface area (Å²) in [6.45, 7) is 0.0255. The summed E-state index contributed by atoms with van der Waals surface area (Å²) < 4.78 is 10.7. The molecular formula is C15H11Cl3O4. The maximum absolute atomic E-state index is 11.0. The van der Waals surface area contributed by atoms with Crippen LogP contribution in [0.15, 0.2) is 30.3 Å². The molecule has 0 bridgehead atoms. The van der Waals surface area contributed by atoms with Gasteiger partial charge in [-0.05, 0) is 30.3 Å². The van der Waals surface area contributed by atoms with Crippen LogP contribution in [-0.2, 0) is 6.61 Å². The van der Waals surface area contributed by atoms with Crippen LogP contribution >= 0.6 is 34.8 Å². The summed E-state index contributed by atoms with van der Waals surface area (Å²) in [7, 11) is 1.46. The molecule has 0 aromatic heterocycles. The molecule has 7 heteroatoms. The Balaban J connectivity index is 2.30. The number of aromatic carboxylic acids is 1. The molecule has 0 heterocycles. The third-order valence-electron chi connectivity index (χ3n) is 2.92. The van der Waals surface area contributed by atoms with Crippen molar-refractivity contribution < 1.29 is 19.4 Å². The molecule has 0 amide bonds. The number of hydrogen-bond donors (Lipinski definition) is 1. The second kappa shape index (κ2) is 7.09. The minimum absolute atomic E-state index is 0.0255. The number of hydrogen-bond acceptors (Lipinski definition) is 3. The van der Waals surface area contributed by atoms with E-state index < -0.39 is 5.97 Å². The maximum atomic E-state index is 11.0. The van der Waals surface area contributed by atoms with Crippen LogP contribution in [0.5, 0.6) is 11.5 Å². The average Bonchev–Trinajstić information content (AvgIpc) is 2.50. The normalized spacial score (nSPS) is 10.4. The van der Waals surface area contributed by atoms with Crippen LogP contribution < -0.4 is 9.47 Å². The van der Waals surface area contributed by atoms with Gasteiger partial charge in [-0.15, -0.1) is 0 Å². The second-order valence-corrected chi connectivity index (χ2v) is 5.47. The number of methoxy groups -OCH3 is 1. The van der Waals surface area contributed by atoms with Gasteiger partial charge in [-0.3, -0.25) is 0 Å². The summed E-state index contributed by atoms with van der Waals surface area (Å²) >= 11 is 18.1. The Morgan fingerprint density at radius 1 is 1.09 bits per heavy atom. The van der Waals surface area contributed by atoms with Gasteiger partial charge in [-0.25, -0.2) is 4.79 Å². The molecule has 22 heavy (non-hydrogen) atoms. The van der Waals surface area contributed by atoms with Crippen molar-refractivity contribution in [3.63, 3.8) is 0 Å². The zero-order chi connectivity index (χ0) is 16.3. The van der Waals surface area contributed by atoms with Gasteiger partial charge in [0, 0.05) is 10.6 Å². The van der Waals surface area contributed by atoms with Crippen LogP contribution in [-0.4, -0.2) is 18.2 Å². The Labute approximate surface area is 142 Å². The van der Waals surface area contributed by atoms with Crippen molar-refractivity contribution in [3.05, 3.63) is 56.5 Å². The highest BCUT2D eigenvalue weighted by atomic mass is 35.5. The number of carbonyl (C=O) groups is 1. The zero-order valence-corrected chi connectivity index (χ0v) is 13.7. The predicted molar refractivity (Wildman–Crippen MR) is 85.8 cm³/mol. The highest BCUT2D eigenvalue weighted by molar-refractivity contribution is 6.44. The van der Waals surface area contributed by atoms with Gasteiger partial charge in [0.05, 0.1) is 22.7 Å². The molecule has 4 nitrogen and oxygen atoms in total.